The van der Waals surface area contributed by atoms with Crippen LogP contribution in [0.5, 0.6) is 11.5 Å². The summed E-state index contributed by atoms with van der Waals surface area (Å²) in [4.78, 5) is 31.9. The van der Waals surface area contributed by atoms with Crippen LogP contribution in [0, 0.1) is 11.6 Å². The highest BCUT2D eigenvalue weighted by atomic mass is 19.1. The second-order valence-electron chi connectivity index (χ2n) is 21.0. The maximum Gasteiger partial charge on any atom is 0.164 e. The van der Waals surface area contributed by atoms with Crippen LogP contribution >= 0.6 is 0 Å². The van der Waals surface area contributed by atoms with Crippen LogP contribution in [0.4, 0.5) is 20.4 Å². The van der Waals surface area contributed by atoms with Gasteiger partial charge in [0.05, 0.1) is 72.1 Å². The molecule has 22 heteroatoms. The molecule has 0 spiro atoms. The van der Waals surface area contributed by atoms with E-state index < -0.39 is 11.6 Å². The standard InChI is InChI=1S/2C31H29FN8O2/c2*1-19(40-31-27(30(33)35-18-36-31)28(37-40)21-12-22(32)14-24(41)13-21)25-15-23-4-2-3-7-39(23)29(25)26-6-5-20(16-34-26)17-38-8-10-42-11-9-38/h2*2-7,12-16,18-19,41H,8-11,17H2,1H3,(H2,33,35,36)/t2*19-/m10/s1. The summed E-state index contributed by atoms with van der Waals surface area (Å²) in [5.41, 5.74) is 24.9. The van der Waals surface area contributed by atoms with Gasteiger partial charge < -0.3 is 40.0 Å². The number of pyridine rings is 4. The summed E-state index contributed by atoms with van der Waals surface area (Å²) in [6, 6.07) is 31.7. The van der Waals surface area contributed by atoms with Crippen molar-refractivity contribution < 1.29 is 28.5 Å². The van der Waals surface area contributed by atoms with Crippen molar-refractivity contribution in [1.82, 2.24) is 68.1 Å². The fourth-order valence-electron chi connectivity index (χ4n) is 11.4. The Morgan fingerprint density at radius 3 is 1.35 bits per heavy atom. The number of hydrogen-bond donors (Lipinski definition) is 4. The van der Waals surface area contributed by atoms with Crippen molar-refractivity contribution in [2.45, 2.75) is 39.0 Å². The van der Waals surface area contributed by atoms with Crippen molar-refractivity contribution in [1.29, 1.82) is 0 Å². The molecule has 12 aromatic rings. The molecular formula is C62H58F2N16O4. The zero-order chi connectivity index (χ0) is 57.6. The number of nitrogen functional groups attached to an aromatic ring is 2. The molecular weight excluding hydrogens is 1070 g/mol. The molecule has 10 aromatic heterocycles. The first-order valence-electron chi connectivity index (χ1n) is 27.6. The second kappa shape index (κ2) is 22.5. The van der Waals surface area contributed by atoms with Gasteiger partial charge in [0.1, 0.15) is 58.8 Å². The quantitative estimate of drug-likeness (QED) is 0.0891. The van der Waals surface area contributed by atoms with Crippen molar-refractivity contribution in [3.8, 4) is 56.8 Å². The van der Waals surface area contributed by atoms with Crippen LogP contribution in [0.2, 0.25) is 0 Å². The lowest BCUT2D eigenvalue weighted by Crippen LogP contribution is -2.35. The first-order valence-corrected chi connectivity index (χ1v) is 27.6. The summed E-state index contributed by atoms with van der Waals surface area (Å²) in [5, 5.41) is 30.9. The lowest BCUT2D eigenvalue weighted by atomic mass is 10.1. The summed E-state index contributed by atoms with van der Waals surface area (Å²) in [7, 11) is 0. The topological polar surface area (TPSA) is 239 Å². The van der Waals surface area contributed by atoms with E-state index in [1.807, 2.05) is 62.9 Å². The average Bonchev–Trinajstić information content (AvgIpc) is 3.24. The van der Waals surface area contributed by atoms with E-state index in [0.29, 0.717) is 44.6 Å². The minimum Gasteiger partial charge on any atom is -0.508 e. The summed E-state index contributed by atoms with van der Waals surface area (Å²) < 4.78 is 47.3. The fraction of sp³-hybridized carbons (Fsp3) is 0.226. The number of rotatable bonds is 12. The van der Waals surface area contributed by atoms with Gasteiger partial charge in [0.2, 0.25) is 0 Å². The van der Waals surface area contributed by atoms with Crippen LogP contribution in [0.25, 0.3) is 78.4 Å². The van der Waals surface area contributed by atoms with Gasteiger partial charge in [-0.25, -0.2) is 38.1 Å². The number of ether oxygens (including phenoxy) is 2. The van der Waals surface area contributed by atoms with Crippen LogP contribution < -0.4 is 11.5 Å². The summed E-state index contributed by atoms with van der Waals surface area (Å²) >= 11 is 0. The predicted octanol–water partition coefficient (Wildman–Crippen LogP) is 9.35. The third-order valence-corrected chi connectivity index (χ3v) is 15.6. The SMILES string of the molecule is C[C@@H](c1cc2ccccn2c1-c1ccc(CN2CCOCC2)cn1)n1nc(-c2cc(O)cc(F)c2)c2c(N)ncnc21.C[C@H](c1cc2ccccn2c1-c1ccc(CN2CCOCC2)cn1)n1nc(-c2cc(O)cc(F)c2)c2c(N)ncnc21. The molecule has 0 bridgehead atoms. The number of nitrogens with two attached hydrogens (primary N) is 2. The number of anilines is 2. The molecule has 2 fully saturated rings. The highest BCUT2D eigenvalue weighted by Gasteiger charge is 2.28. The highest BCUT2D eigenvalue weighted by Crippen LogP contribution is 2.40. The number of benzene rings is 2. The molecule has 6 N–H and O–H groups in total. The van der Waals surface area contributed by atoms with E-state index in [2.05, 4.69) is 87.1 Å². The number of phenols is 2. The maximum atomic E-state index is 14.3. The van der Waals surface area contributed by atoms with Crippen molar-refractivity contribution in [3.63, 3.8) is 0 Å². The van der Waals surface area contributed by atoms with Crippen LogP contribution in [-0.2, 0) is 22.6 Å². The minimum atomic E-state index is -0.583. The molecule has 2 aliphatic heterocycles. The maximum absolute atomic E-state index is 14.3. The van der Waals surface area contributed by atoms with Gasteiger partial charge in [0, 0.05) is 109 Å². The molecule has 20 nitrogen and oxygen atoms in total. The first-order chi connectivity index (χ1) is 40.9. The van der Waals surface area contributed by atoms with Gasteiger partial charge in [-0.1, -0.05) is 24.3 Å². The highest BCUT2D eigenvalue weighted by molar-refractivity contribution is 5.99. The summed E-state index contributed by atoms with van der Waals surface area (Å²) in [6.07, 6.45) is 10.7. The van der Waals surface area contributed by atoms with E-state index >= 15 is 0 Å². The van der Waals surface area contributed by atoms with Crippen molar-refractivity contribution >= 4 is 44.7 Å². The van der Waals surface area contributed by atoms with Gasteiger partial charge >= 0.3 is 0 Å². The van der Waals surface area contributed by atoms with E-state index in [1.165, 1.54) is 36.9 Å². The van der Waals surface area contributed by atoms with Gasteiger partial charge in [0.15, 0.2) is 11.3 Å². The predicted molar refractivity (Wildman–Crippen MR) is 315 cm³/mol. The Morgan fingerprint density at radius 2 is 0.952 bits per heavy atom. The molecule has 0 aliphatic carbocycles. The lowest BCUT2D eigenvalue weighted by Gasteiger charge is -2.26. The van der Waals surface area contributed by atoms with E-state index in [4.69, 9.17) is 41.1 Å². The van der Waals surface area contributed by atoms with Crippen LogP contribution in [-0.4, -0.2) is 131 Å². The van der Waals surface area contributed by atoms with Crippen LogP contribution in [0.1, 0.15) is 48.2 Å². The third kappa shape index (κ3) is 10.4. The summed E-state index contributed by atoms with van der Waals surface area (Å²) in [6.45, 7) is 12.4. The number of hydrogen-bond acceptors (Lipinski definition) is 16. The van der Waals surface area contributed by atoms with Crippen molar-refractivity contribution in [2.24, 2.45) is 0 Å². The molecule has 84 heavy (non-hydrogen) atoms. The Hall–Kier alpha value is -9.74. The Labute approximate surface area is 479 Å². The molecule has 0 amide bonds. The average molecular weight is 1130 g/mol. The zero-order valence-electron chi connectivity index (χ0n) is 46.0. The molecule has 2 aliphatic rings. The second-order valence-corrected chi connectivity index (χ2v) is 21.0. The molecule has 424 valence electrons. The molecule has 0 radical (unpaired) electrons. The molecule has 0 saturated carbocycles. The normalized spacial score (nSPS) is 15.0. The minimum absolute atomic E-state index is 0.208. The van der Waals surface area contributed by atoms with Crippen molar-refractivity contribution in [3.05, 3.63) is 181 Å². The number of phenolic OH excluding ortho intramolecular Hbond substituents is 2. The fourth-order valence-corrected chi connectivity index (χ4v) is 11.4. The summed E-state index contributed by atoms with van der Waals surface area (Å²) in [5.74, 6) is -1.14. The number of aromatic hydroxyl groups is 2. The Balaban J connectivity index is 0.000000157. The van der Waals surface area contributed by atoms with Crippen LogP contribution in [0.3, 0.4) is 0 Å². The Morgan fingerprint density at radius 1 is 0.524 bits per heavy atom. The van der Waals surface area contributed by atoms with E-state index in [-0.39, 0.29) is 35.2 Å². The zero-order valence-corrected chi connectivity index (χ0v) is 46.0. The largest absolute Gasteiger partial charge is 0.508 e. The lowest BCUT2D eigenvalue weighted by molar-refractivity contribution is 0.0341. The van der Waals surface area contributed by atoms with Gasteiger partial charge in [-0.05, 0) is 97.8 Å². The number of nitrogens with zero attached hydrogens (tertiary/aromatic N) is 14. The Kier molecular flexibility index (Phi) is 14.4. The molecule has 14 rings (SSSR count). The van der Waals surface area contributed by atoms with Gasteiger partial charge in [0.25, 0.3) is 0 Å². The molecule has 2 saturated heterocycles. The molecule has 2 aromatic carbocycles. The number of morpholine rings is 2. The number of aromatic nitrogens is 12. The van der Waals surface area contributed by atoms with Gasteiger partial charge in [-0.2, -0.15) is 10.2 Å². The third-order valence-electron chi connectivity index (χ3n) is 15.6. The van der Waals surface area contributed by atoms with Gasteiger partial charge in [-0.3, -0.25) is 19.8 Å². The van der Waals surface area contributed by atoms with Crippen molar-refractivity contribution in [2.75, 3.05) is 64.1 Å². The van der Waals surface area contributed by atoms with E-state index in [0.717, 1.165) is 134 Å². The number of halogens is 2. The first kappa shape index (κ1) is 53.6. The monoisotopic (exact) mass is 1130 g/mol. The Bertz CT molecular complexity index is 4060. The molecule has 2 atom stereocenters. The smallest absolute Gasteiger partial charge is 0.164 e. The number of fused-ring (bicyclic) bond motifs is 4. The van der Waals surface area contributed by atoms with Gasteiger partial charge in [-0.15, -0.1) is 0 Å². The molecule has 12 heterocycles. The van der Waals surface area contributed by atoms with Crippen LogP contribution in [0.15, 0.2) is 147 Å². The van der Waals surface area contributed by atoms with E-state index in [9.17, 15) is 19.0 Å². The molecule has 0 unspecified atom stereocenters. The van der Waals surface area contributed by atoms with E-state index in [1.54, 1.807) is 9.36 Å².